The zero-order chi connectivity index (χ0) is 11.7. The van der Waals surface area contributed by atoms with E-state index in [1.165, 1.54) is 0 Å². The Labute approximate surface area is 98.6 Å². The second kappa shape index (κ2) is 4.17. The van der Waals surface area contributed by atoms with Crippen molar-refractivity contribution in [1.29, 1.82) is 5.26 Å². The van der Waals surface area contributed by atoms with E-state index in [1.54, 1.807) is 0 Å². The van der Waals surface area contributed by atoms with Crippen LogP contribution in [0.5, 0.6) is 0 Å². The quantitative estimate of drug-likeness (QED) is 0.786. The molecule has 1 N–H and O–H groups in total. The molecule has 0 aliphatic carbocycles. The van der Waals surface area contributed by atoms with Gasteiger partial charge in [0.25, 0.3) is 0 Å². The Hall–Kier alpha value is -1.90. The Morgan fingerprint density at radius 2 is 2.47 bits per heavy atom. The lowest BCUT2D eigenvalue weighted by atomic mass is 10.2. The van der Waals surface area contributed by atoms with Gasteiger partial charge in [-0.25, -0.2) is 4.98 Å². The van der Waals surface area contributed by atoms with Crippen LogP contribution < -0.4 is 5.32 Å². The number of aromatic nitrogens is 2. The standard InChI is InChI=1S/C12H12N4O/c13-7-9-11-3-1-2-5-16(11)12(15-9)10-8-17-6-4-14-10/h1-3,5,10,14H,4,6,8H2. The van der Waals surface area contributed by atoms with E-state index in [2.05, 4.69) is 16.4 Å². The normalized spacial score (nSPS) is 20.3. The predicted molar refractivity (Wildman–Crippen MR) is 61.5 cm³/mol. The minimum atomic E-state index is 0.0562. The fraction of sp³-hybridized carbons (Fsp3) is 0.333. The maximum absolute atomic E-state index is 9.07. The summed E-state index contributed by atoms with van der Waals surface area (Å²) in [4.78, 5) is 4.39. The van der Waals surface area contributed by atoms with Gasteiger partial charge in [0, 0.05) is 12.7 Å². The molecular formula is C12H12N4O. The van der Waals surface area contributed by atoms with Crippen molar-refractivity contribution in [3.8, 4) is 6.07 Å². The minimum Gasteiger partial charge on any atom is -0.378 e. The lowest BCUT2D eigenvalue weighted by Gasteiger charge is -2.22. The predicted octanol–water partition coefficient (Wildman–Crippen LogP) is 0.867. The lowest BCUT2D eigenvalue weighted by Crippen LogP contribution is -2.35. The number of pyridine rings is 1. The van der Waals surface area contributed by atoms with Crippen molar-refractivity contribution < 1.29 is 4.74 Å². The number of rotatable bonds is 1. The van der Waals surface area contributed by atoms with Crippen molar-refractivity contribution >= 4 is 5.52 Å². The van der Waals surface area contributed by atoms with Crippen LogP contribution in [0.3, 0.4) is 0 Å². The molecule has 2 aromatic rings. The molecule has 5 nitrogen and oxygen atoms in total. The minimum absolute atomic E-state index is 0.0562. The molecule has 0 radical (unpaired) electrons. The van der Waals surface area contributed by atoms with Crippen LogP contribution in [0.2, 0.25) is 0 Å². The molecule has 3 heterocycles. The molecule has 0 saturated carbocycles. The number of nitrogens with zero attached hydrogens (tertiary/aromatic N) is 3. The first-order valence-corrected chi connectivity index (χ1v) is 5.58. The number of ether oxygens (including phenoxy) is 1. The van der Waals surface area contributed by atoms with Crippen molar-refractivity contribution in [3.05, 3.63) is 35.9 Å². The molecule has 86 valence electrons. The molecule has 1 fully saturated rings. The van der Waals surface area contributed by atoms with Crippen molar-refractivity contribution in [2.24, 2.45) is 0 Å². The van der Waals surface area contributed by atoms with E-state index in [9.17, 15) is 0 Å². The number of nitrogens with one attached hydrogen (secondary N) is 1. The summed E-state index contributed by atoms with van der Waals surface area (Å²) in [5.74, 6) is 0.844. The third-order valence-corrected chi connectivity index (χ3v) is 2.91. The second-order valence-corrected chi connectivity index (χ2v) is 3.97. The average Bonchev–Trinajstić information content (AvgIpc) is 2.78. The maximum atomic E-state index is 9.07. The molecule has 0 spiro atoms. The summed E-state index contributed by atoms with van der Waals surface area (Å²) in [7, 11) is 0. The van der Waals surface area contributed by atoms with Gasteiger partial charge in [0.05, 0.1) is 24.8 Å². The molecule has 1 aliphatic rings. The van der Waals surface area contributed by atoms with Crippen LogP contribution in [-0.4, -0.2) is 29.1 Å². The van der Waals surface area contributed by atoms with Crippen LogP contribution in [0.25, 0.3) is 5.52 Å². The maximum Gasteiger partial charge on any atom is 0.166 e. The number of nitriles is 1. The molecule has 5 heteroatoms. The zero-order valence-electron chi connectivity index (χ0n) is 9.26. The molecule has 3 rings (SSSR count). The Morgan fingerprint density at radius 1 is 1.53 bits per heavy atom. The van der Waals surface area contributed by atoms with Crippen molar-refractivity contribution in [2.75, 3.05) is 19.8 Å². The monoisotopic (exact) mass is 228 g/mol. The van der Waals surface area contributed by atoms with Gasteiger partial charge in [-0.05, 0) is 12.1 Å². The van der Waals surface area contributed by atoms with Crippen LogP contribution in [-0.2, 0) is 4.74 Å². The fourth-order valence-electron chi connectivity index (χ4n) is 2.12. The molecule has 0 amide bonds. The highest BCUT2D eigenvalue weighted by molar-refractivity contribution is 5.58. The fourth-order valence-corrected chi connectivity index (χ4v) is 2.12. The summed E-state index contributed by atoms with van der Waals surface area (Å²) < 4.78 is 7.38. The highest BCUT2D eigenvalue weighted by atomic mass is 16.5. The Kier molecular flexibility index (Phi) is 2.52. The van der Waals surface area contributed by atoms with Gasteiger partial charge in [-0.2, -0.15) is 5.26 Å². The molecule has 2 aromatic heterocycles. The van der Waals surface area contributed by atoms with E-state index in [4.69, 9.17) is 10.00 Å². The van der Waals surface area contributed by atoms with E-state index >= 15 is 0 Å². The number of hydrogen-bond donors (Lipinski definition) is 1. The molecular weight excluding hydrogens is 216 g/mol. The van der Waals surface area contributed by atoms with Crippen molar-refractivity contribution in [1.82, 2.24) is 14.7 Å². The number of imidazole rings is 1. The van der Waals surface area contributed by atoms with E-state index < -0.39 is 0 Å². The molecule has 1 aliphatic heterocycles. The number of hydrogen-bond acceptors (Lipinski definition) is 4. The first kappa shape index (κ1) is 10.3. The van der Waals surface area contributed by atoms with Gasteiger partial charge in [-0.1, -0.05) is 6.07 Å². The van der Waals surface area contributed by atoms with Gasteiger partial charge in [0.15, 0.2) is 5.69 Å². The van der Waals surface area contributed by atoms with Gasteiger partial charge in [0.2, 0.25) is 0 Å². The summed E-state index contributed by atoms with van der Waals surface area (Å²) >= 11 is 0. The zero-order valence-corrected chi connectivity index (χ0v) is 9.26. The molecule has 17 heavy (non-hydrogen) atoms. The lowest BCUT2D eigenvalue weighted by molar-refractivity contribution is 0.0740. The third-order valence-electron chi connectivity index (χ3n) is 2.91. The first-order valence-electron chi connectivity index (χ1n) is 5.58. The Balaban J connectivity index is 2.13. The summed E-state index contributed by atoms with van der Waals surface area (Å²) in [6.07, 6.45) is 1.93. The van der Waals surface area contributed by atoms with E-state index in [-0.39, 0.29) is 6.04 Å². The van der Waals surface area contributed by atoms with Crippen LogP contribution in [0.4, 0.5) is 0 Å². The van der Waals surface area contributed by atoms with E-state index in [1.807, 2.05) is 28.8 Å². The van der Waals surface area contributed by atoms with E-state index in [0.29, 0.717) is 12.3 Å². The largest absolute Gasteiger partial charge is 0.378 e. The number of fused-ring (bicyclic) bond motifs is 1. The summed E-state index contributed by atoms with van der Waals surface area (Å²) in [6, 6.07) is 7.93. The highest BCUT2D eigenvalue weighted by Gasteiger charge is 2.21. The average molecular weight is 228 g/mol. The third kappa shape index (κ3) is 1.68. The van der Waals surface area contributed by atoms with Gasteiger partial charge < -0.3 is 14.5 Å². The first-order chi connectivity index (χ1) is 8.40. The van der Waals surface area contributed by atoms with E-state index in [0.717, 1.165) is 24.5 Å². The summed E-state index contributed by atoms with van der Waals surface area (Å²) in [6.45, 7) is 2.14. The molecule has 1 saturated heterocycles. The number of morpholine rings is 1. The van der Waals surface area contributed by atoms with Crippen LogP contribution in [0.1, 0.15) is 17.6 Å². The van der Waals surface area contributed by atoms with Crippen LogP contribution in [0.15, 0.2) is 24.4 Å². The van der Waals surface area contributed by atoms with Crippen LogP contribution >= 0.6 is 0 Å². The molecule has 1 atom stereocenters. The summed E-state index contributed by atoms with van der Waals surface area (Å²) in [5, 5.41) is 12.4. The SMILES string of the molecule is N#Cc1nc(C2COCCN2)n2ccccc12. The highest BCUT2D eigenvalue weighted by Crippen LogP contribution is 2.19. The van der Waals surface area contributed by atoms with Crippen LogP contribution in [0, 0.1) is 11.3 Å². The topological polar surface area (TPSA) is 62.3 Å². The Morgan fingerprint density at radius 3 is 3.24 bits per heavy atom. The van der Waals surface area contributed by atoms with Gasteiger partial charge in [0.1, 0.15) is 11.9 Å². The summed E-state index contributed by atoms with van der Waals surface area (Å²) in [5.41, 5.74) is 1.31. The van der Waals surface area contributed by atoms with Gasteiger partial charge in [-0.3, -0.25) is 0 Å². The molecule has 0 bridgehead atoms. The smallest absolute Gasteiger partial charge is 0.166 e. The molecule has 0 aromatic carbocycles. The Bertz CT molecular complexity index is 578. The van der Waals surface area contributed by atoms with Gasteiger partial charge >= 0.3 is 0 Å². The molecule has 1 unspecified atom stereocenters. The van der Waals surface area contributed by atoms with Gasteiger partial charge in [-0.15, -0.1) is 0 Å². The van der Waals surface area contributed by atoms with Crippen molar-refractivity contribution in [2.45, 2.75) is 6.04 Å². The second-order valence-electron chi connectivity index (χ2n) is 3.97. The van der Waals surface area contributed by atoms with Crippen molar-refractivity contribution in [3.63, 3.8) is 0 Å².